The largest absolute Gasteiger partial charge is 0.454 e. The minimum atomic E-state index is 0.345. The molecule has 0 saturated heterocycles. The number of rotatable bonds is 3. The van der Waals surface area contributed by atoms with E-state index < -0.39 is 0 Å². The summed E-state index contributed by atoms with van der Waals surface area (Å²) in [7, 11) is 0. The SMILES string of the molecule is Cc1ccc(CCc2ccc3c(c2C)OCO3)cc1. The molecular formula is C17H18O2. The lowest BCUT2D eigenvalue weighted by Crippen LogP contribution is -1.96. The average Bonchev–Trinajstić information content (AvgIpc) is 2.89. The van der Waals surface area contributed by atoms with Gasteiger partial charge < -0.3 is 9.47 Å². The van der Waals surface area contributed by atoms with Crippen molar-refractivity contribution in [1.82, 2.24) is 0 Å². The minimum Gasteiger partial charge on any atom is -0.454 e. The molecular weight excluding hydrogens is 236 g/mol. The molecule has 98 valence electrons. The van der Waals surface area contributed by atoms with E-state index in [0.717, 1.165) is 24.3 Å². The fourth-order valence-corrected chi connectivity index (χ4v) is 2.46. The van der Waals surface area contributed by atoms with Crippen LogP contribution in [0.5, 0.6) is 11.5 Å². The van der Waals surface area contributed by atoms with Crippen LogP contribution < -0.4 is 9.47 Å². The molecule has 0 aliphatic carbocycles. The molecule has 0 atom stereocenters. The Balaban J connectivity index is 1.75. The summed E-state index contributed by atoms with van der Waals surface area (Å²) in [5.41, 5.74) is 5.23. The minimum absolute atomic E-state index is 0.345. The zero-order valence-corrected chi connectivity index (χ0v) is 11.4. The predicted octanol–water partition coefficient (Wildman–Crippen LogP) is 3.82. The summed E-state index contributed by atoms with van der Waals surface area (Å²) in [6, 6.07) is 12.9. The van der Waals surface area contributed by atoms with Crippen LogP contribution in [0.25, 0.3) is 0 Å². The van der Waals surface area contributed by atoms with Crippen LogP contribution >= 0.6 is 0 Å². The molecule has 1 aliphatic rings. The van der Waals surface area contributed by atoms with Crippen molar-refractivity contribution in [3.8, 4) is 11.5 Å². The normalized spacial score (nSPS) is 12.7. The second-order valence-corrected chi connectivity index (χ2v) is 5.07. The van der Waals surface area contributed by atoms with Gasteiger partial charge in [-0.1, -0.05) is 35.9 Å². The Morgan fingerprint density at radius 2 is 1.68 bits per heavy atom. The smallest absolute Gasteiger partial charge is 0.231 e. The van der Waals surface area contributed by atoms with Crippen molar-refractivity contribution in [2.45, 2.75) is 26.7 Å². The van der Waals surface area contributed by atoms with Gasteiger partial charge in [0.15, 0.2) is 11.5 Å². The standard InChI is InChI=1S/C17H18O2/c1-12-3-5-14(6-4-12)7-8-15-9-10-16-17(13(15)2)19-11-18-16/h3-6,9-10H,7-8,11H2,1-2H3. The highest BCUT2D eigenvalue weighted by molar-refractivity contribution is 5.51. The maximum absolute atomic E-state index is 5.52. The molecule has 2 heteroatoms. The van der Waals surface area contributed by atoms with Gasteiger partial charge >= 0.3 is 0 Å². The topological polar surface area (TPSA) is 18.5 Å². The zero-order valence-electron chi connectivity index (χ0n) is 11.4. The van der Waals surface area contributed by atoms with Gasteiger partial charge in [0.2, 0.25) is 6.79 Å². The van der Waals surface area contributed by atoms with Gasteiger partial charge in [-0.05, 0) is 49.4 Å². The van der Waals surface area contributed by atoms with E-state index in [-0.39, 0.29) is 0 Å². The first-order valence-corrected chi connectivity index (χ1v) is 6.67. The molecule has 0 fully saturated rings. The van der Waals surface area contributed by atoms with Gasteiger partial charge in [0.1, 0.15) is 0 Å². The molecule has 2 nitrogen and oxygen atoms in total. The van der Waals surface area contributed by atoms with Gasteiger partial charge in [-0.2, -0.15) is 0 Å². The van der Waals surface area contributed by atoms with Crippen molar-refractivity contribution in [3.63, 3.8) is 0 Å². The van der Waals surface area contributed by atoms with E-state index in [1.54, 1.807) is 0 Å². The second-order valence-electron chi connectivity index (χ2n) is 5.07. The fraction of sp³-hybridized carbons (Fsp3) is 0.294. The molecule has 2 aromatic carbocycles. The summed E-state index contributed by atoms with van der Waals surface area (Å²) >= 11 is 0. The van der Waals surface area contributed by atoms with E-state index in [2.05, 4.69) is 44.2 Å². The molecule has 0 amide bonds. The molecule has 1 aliphatic heterocycles. The molecule has 0 bridgehead atoms. The highest BCUT2D eigenvalue weighted by Crippen LogP contribution is 2.37. The number of benzene rings is 2. The van der Waals surface area contributed by atoms with E-state index in [9.17, 15) is 0 Å². The summed E-state index contributed by atoms with van der Waals surface area (Å²) in [5, 5.41) is 0. The van der Waals surface area contributed by atoms with E-state index in [0.29, 0.717) is 6.79 Å². The third-order valence-corrected chi connectivity index (χ3v) is 3.70. The number of fused-ring (bicyclic) bond motifs is 1. The molecule has 3 rings (SSSR count). The van der Waals surface area contributed by atoms with Crippen molar-refractivity contribution in [3.05, 3.63) is 58.7 Å². The highest BCUT2D eigenvalue weighted by Gasteiger charge is 2.17. The van der Waals surface area contributed by atoms with Crippen LogP contribution in [-0.2, 0) is 12.8 Å². The van der Waals surface area contributed by atoms with E-state index in [1.807, 2.05) is 6.07 Å². The third kappa shape index (κ3) is 2.43. The van der Waals surface area contributed by atoms with Crippen LogP contribution in [0.4, 0.5) is 0 Å². The third-order valence-electron chi connectivity index (χ3n) is 3.70. The number of hydrogen-bond acceptors (Lipinski definition) is 2. The summed E-state index contributed by atoms with van der Waals surface area (Å²) in [4.78, 5) is 0. The van der Waals surface area contributed by atoms with Crippen molar-refractivity contribution in [2.75, 3.05) is 6.79 Å². The lowest BCUT2D eigenvalue weighted by Gasteiger charge is -2.09. The van der Waals surface area contributed by atoms with Crippen LogP contribution in [0.1, 0.15) is 22.3 Å². The van der Waals surface area contributed by atoms with Crippen LogP contribution in [0.3, 0.4) is 0 Å². The van der Waals surface area contributed by atoms with Crippen molar-refractivity contribution < 1.29 is 9.47 Å². The Bertz CT molecular complexity index is 585. The van der Waals surface area contributed by atoms with Crippen molar-refractivity contribution >= 4 is 0 Å². The Hall–Kier alpha value is -1.96. The Morgan fingerprint density at radius 3 is 2.47 bits per heavy atom. The zero-order chi connectivity index (χ0) is 13.2. The lowest BCUT2D eigenvalue weighted by atomic mass is 9.99. The summed E-state index contributed by atoms with van der Waals surface area (Å²) in [6.45, 7) is 4.57. The van der Waals surface area contributed by atoms with Gasteiger partial charge in [0.05, 0.1) is 0 Å². The van der Waals surface area contributed by atoms with E-state index in [4.69, 9.17) is 9.47 Å². The molecule has 0 unspecified atom stereocenters. The summed E-state index contributed by atoms with van der Waals surface area (Å²) in [5.74, 6) is 1.79. The van der Waals surface area contributed by atoms with Crippen molar-refractivity contribution in [2.24, 2.45) is 0 Å². The average molecular weight is 254 g/mol. The maximum atomic E-state index is 5.52. The lowest BCUT2D eigenvalue weighted by molar-refractivity contribution is 0.173. The fourth-order valence-electron chi connectivity index (χ4n) is 2.46. The second kappa shape index (κ2) is 4.96. The first-order valence-electron chi connectivity index (χ1n) is 6.67. The Labute approximate surface area is 114 Å². The van der Waals surface area contributed by atoms with Crippen LogP contribution in [0, 0.1) is 13.8 Å². The number of hydrogen-bond donors (Lipinski definition) is 0. The summed E-state index contributed by atoms with van der Waals surface area (Å²) in [6.07, 6.45) is 2.09. The summed E-state index contributed by atoms with van der Waals surface area (Å²) < 4.78 is 10.9. The molecule has 0 saturated carbocycles. The van der Waals surface area contributed by atoms with E-state index >= 15 is 0 Å². The highest BCUT2D eigenvalue weighted by atomic mass is 16.7. The first kappa shape index (κ1) is 12.1. The Morgan fingerprint density at radius 1 is 0.895 bits per heavy atom. The molecule has 1 heterocycles. The van der Waals surface area contributed by atoms with E-state index in [1.165, 1.54) is 22.3 Å². The molecule has 19 heavy (non-hydrogen) atoms. The van der Waals surface area contributed by atoms with Gasteiger partial charge in [0, 0.05) is 0 Å². The van der Waals surface area contributed by atoms with Gasteiger partial charge in [-0.15, -0.1) is 0 Å². The van der Waals surface area contributed by atoms with Gasteiger partial charge in [-0.3, -0.25) is 0 Å². The molecule has 0 radical (unpaired) electrons. The van der Waals surface area contributed by atoms with Gasteiger partial charge in [0.25, 0.3) is 0 Å². The Kier molecular flexibility index (Phi) is 3.16. The van der Waals surface area contributed by atoms with Crippen LogP contribution in [-0.4, -0.2) is 6.79 Å². The quantitative estimate of drug-likeness (QED) is 0.829. The molecule has 0 N–H and O–H groups in total. The first-order chi connectivity index (χ1) is 9.24. The molecule has 0 aromatic heterocycles. The molecule has 0 spiro atoms. The number of aryl methyl sites for hydroxylation is 3. The maximum Gasteiger partial charge on any atom is 0.231 e. The predicted molar refractivity (Wildman–Crippen MR) is 75.9 cm³/mol. The monoisotopic (exact) mass is 254 g/mol. The van der Waals surface area contributed by atoms with Crippen LogP contribution in [0.15, 0.2) is 36.4 Å². The van der Waals surface area contributed by atoms with Crippen LogP contribution in [0.2, 0.25) is 0 Å². The van der Waals surface area contributed by atoms with Crippen molar-refractivity contribution in [1.29, 1.82) is 0 Å². The number of ether oxygens (including phenoxy) is 2. The van der Waals surface area contributed by atoms with Gasteiger partial charge in [-0.25, -0.2) is 0 Å². The molecule has 2 aromatic rings.